The van der Waals surface area contributed by atoms with Crippen molar-refractivity contribution in [3.63, 3.8) is 0 Å². The van der Waals surface area contributed by atoms with E-state index in [0.717, 1.165) is 25.0 Å². The Kier molecular flexibility index (Phi) is 7.02. The first kappa shape index (κ1) is 20.8. The molecule has 1 aliphatic rings. The Morgan fingerprint density at radius 1 is 1.28 bits per heavy atom. The molecule has 7 heteroatoms. The Morgan fingerprint density at radius 3 is 2.40 bits per heavy atom. The van der Waals surface area contributed by atoms with Crippen LogP contribution in [0.2, 0.25) is 0 Å². The molecule has 1 fully saturated rings. The summed E-state index contributed by atoms with van der Waals surface area (Å²) >= 11 is 18.1. The van der Waals surface area contributed by atoms with Crippen molar-refractivity contribution in [3.05, 3.63) is 35.4 Å². The smallest absolute Gasteiger partial charge is 0.262 e. The van der Waals surface area contributed by atoms with Crippen molar-refractivity contribution in [2.45, 2.75) is 55.1 Å². The van der Waals surface area contributed by atoms with Gasteiger partial charge in [0.05, 0.1) is 0 Å². The van der Waals surface area contributed by atoms with Crippen molar-refractivity contribution < 1.29 is 14.8 Å². The van der Waals surface area contributed by atoms with Crippen LogP contribution in [0.3, 0.4) is 0 Å². The molecule has 0 saturated carbocycles. The monoisotopic (exact) mass is 407 g/mol. The standard InChI is InChI=1S/C18H25Cl3N2O2/c1-17(2,3)13-8-6-12(7-9-13)15(24)23-16(18(19,20)21)22-11-14-5-4-10-25-14/h6-9,14,16,22H,4-5,10-11H2,1-3H3,(H,23,24)/p+1/t14-,16+/m0/s1. The first-order valence-corrected chi connectivity index (χ1v) is 9.64. The van der Waals surface area contributed by atoms with Crippen LogP contribution in [0, 0.1) is 0 Å². The Balaban J connectivity index is 2.00. The molecule has 1 heterocycles. The number of hydrogen-bond donors (Lipinski definition) is 2. The van der Waals surface area contributed by atoms with Gasteiger partial charge in [0, 0.05) is 12.2 Å². The molecule has 1 aromatic carbocycles. The maximum Gasteiger partial charge on any atom is 0.262 e. The molecule has 140 valence electrons. The van der Waals surface area contributed by atoms with E-state index >= 15 is 0 Å². The molecular formula is C18H26Cl3N2O2+. The second-order valence-electron chi connectivity index (χ2n) is 7.43. The summed E-state index contributed by atoms with van der Waals surface area (Å²) in [5, 5.41) is 4.63. The van der Waals surface area contributed by atoms with Crippen molar-refractivity contribution in [1.29, 1.82) is 0 Å². The molecule has 2 rings (SSSR count). The molecule has 2 atom stereocenters. The summed E-state index contributed by atoms with van der Waals surface area (Å²) in [6.07, 6.45) is 1.49. The van der Waals surface area contributed by atoms with Gasteiger partial charge in [0.25, 0.3) is 9.70 Å². The van der Waals surface area contributed by atoms with Crippen LogP contribution in [0.4, 0.5) is 0 Å². The number of quaternary nitrogens is 1. The van der Waals surface area contributed by atoms with Crippen molar-refractivity contribution in [2.75, 3.05) is 13.2 Å². The molecule has 0 spiro atoms. The van der Waals surface area contributed by atoms with E-state index in [1.807, 2.05) is 17.4 Å². The number of hydrogen-bond acceptors (Lipinski definition) is 2. The first-order chi connectivity index (χ1) is 11.6. The summed E-state index contributed by atoms with van der Waals surface area (Å²) in [5.74, 6) is -0.264. The van der Waals surface area contributed by atoms with E-state index in [2.05, 4.69) is 26.1 Å². The molecule has 0 radical (unpaired) electrons. The molecule has 3 N–H and O–H groups in total. The number of benzene rings is 1. The van der Waals surface area contributed by atoms with Crippen molar-refractivity contribution in [3.8, 4) is 0 Å². The summed E-state index contributed by atoms with van der Waals surface area (Å²) in [6.45, 7) is 7.79. The fourth-order valence-electron chi connectivity index (χ4n) is 2.74. The van der Waals surface area contributed by atoms with Crippen molar-refractivity contribution in [1.82, 2.24) is 5.32 Å². The molecular weight excluding hydrogens is 383 g/mol. The fraction of sp³-hybridized carbons (Fsp3) is 0.611. The highest BCUT2D eigenvalue weighted by molar-refractivity contribution is 6.68. The van der Waals surface area contributed by atoms with Crippen LogP contribution in [0.25, 0.3) is 0 Å². The van der Waals surface area contributed by atoms with Crippen LogP contribution < -0.4 is 10.6 Å². The van der Waals surface area contributed by atoms with Gasteiger partial charge in [-0.1, -0.05) is 67.7 Å². The third-order valence-corrected chi connectivity index (χ3v) is 5.02. The average molecular weight is 409 g/mol. The molecule has 25 heavy (non-hydrogen) atoms. The third-order valence-electron chi connectivity index (χ3n) is 4.31. The first-order valence-electron chi connectivity index (χ1n) is 8.50. The summed E-state index contributed by atoms with van der Waals surface area (Å²) < 4.78 is 3.97. The Labute approximate surface area is 164 Å². The van der Waals surface area contributed by atoms with Crippen LogP contribution in [-0.4, -0.2) is 35.1 Å². The van der Waals surface area contributed by atoms with Gasteiger partial charge in [-0.05, 0) is 36.0 Å². The van der Waals surface area contributed by atoms with Gasteiger partial charge in [0.1, 0.15) is 12.6 Å². The van der Waals surface area contributed by atoms with E-state index in [1.165, 1.54) is 0 Å². The minimum absolute atomic E-state index is 0.0319. The summed E-state index contributed by atoms with van der Waals surface area (Å²) in [6, 6.07) is 7.50. The van der Waals surface area contributed by atoms with Crippen molar-refractivity contribution in [2.24, 2.45) is 0 Å². The van der Waals surface area contributed by atoms with Gasteiger partial charge >= 0.3 is 0 Å². The molecule has 0 aliphatic carbocycles. The van der Waals surface area contributed by atoms with Gasteiger partial charge in [-0.15, -0.1) is 0 Å². The molecule has 4 nitrogen and oxygen atoms in total. The molecule has 0 aromatic heterocycles. The molecule has 1 aliphatic heterocycles. The maximum atomic E-state index is 12.5. The molecule has 0 bridgehead atoms. The zero-order valence-electron chi connectivity index (χ0n) is 14.8. The largest absolute Gasteiger partial charge is 0.372 e. The third kappa shape index (κ3) is 6.30. The van der Waals surface area contributed by atoms with E-state index in [0.29, 0.717) is 12.1 Å². The van der Waals surface area contributed by atoms with Gasteiger partial charge in [-0.3, -0.25) is 10.1 Å². The lowest BCUT2D eigenvalue weighted by atomic mass is 9.87. The number of carbonyl (C=O) groups excluding carboxylic acids is 1. The number of amides is 1. The topological polar surface area (TPSA) is 54.9 Å². The van der Waals surface area contributed by atoms with E-state index < -0.39 is 9.96 Å². The Hall–Kier alpha value is -0.520. The van der Waals surface area contributed by atoms with Gasteiger partial charge < -0.3 is 10.1 Å². The number of alkyl halides is 3. The van der Waals surface area contributed by atoms with Gasteiger partial charge in [-0.25, -0.2) is 0 Å². The lowest BCUT2D eigenvalue weighted by Crippen LogP contribution is -2.97. The maximum absolute atomic E-state index is 12.5. The van der Waals surface area contributed by atoms with Crippen LogP contribution >= 0.6 is 34.8 Å². The molecule has 1 saturated heterocycles. The number of halogens is 3. The normalized spacial score (nSPS) is 19.7. The zero-order valence-corrected chi connectivity index (χ0v) is 17.1. The number of rotatable bonds is 5. The molecule has 1 amide bonds. The number of ether oxygens (including phenoxy) is 1. The second kappa shape index (κ2) is 8.45. The number of nitrogens with two attached hydrogens (primary N) is 1. The quantitative estimate of drug-likeness (QED) is 0.581. The average Bonchev–Trinajstić information content (AvgIpc) is 3.02. The highest BCUT2D eigenvalue weighted by atomic mass is 35.6. The van der Waals surface area contributed by atoms with Gasteiger partial charge in [0.2, 0.25) is 6.17 Å². The van der Waals surface area contributed by atoms with Crippen LogP contribution in [-0.2, 0) is 10.2 Å². The minimum Gasteiger partial charge on any atom is -0.372 e. The Morgan fingerprint density at radius 2 is 1.92 bits per heavy atom. The second-order valence-corrected chi connectivity index (χ2v) is 9.80. The summed E-state index contributed by atoms with van der Waals surface area (Å²) in [4.78, 5) is 12.5. The highest BCUT2D eigenvalue weighted by Gasteiger charge is 2.38. The highest BCUT2D eigenvalue weighted by Crippen LogP contribution is 2.28. The summed E-state index contributed by atoms with van der Waals surface area (Å²) in [7, 11) is 0. The van der Waals surface area contributed by atoms with E-state index in [9.17, 15) is 4.79 Å². The van der Waals surface area contributed by atoms with E-state index in [4.69, 9.17) is 39.5 Å². The molecule has 0 unspecified atom stereocenters. The minimum atomic E-state index is -1.61. The van der Waals surface area contributed by atoms with E-state index in [-0.39, 0.29) is 17.4 Å². The predicted molar refractivity (Wildman–Crippen MR) is 102 cm³/mol. The Bertz CT molecular complexity index is 573. The SMILES string of the molecule is CC(C)(C)c1ccc(C(=O)N[C@@H]([NH2+]C[C@@H]2CCCO2)C(Cl)(Cl)Cl)cc1. The van der Waals surface area contributed by atoms with Crippen LogP contribution in [0.1, 0.15) is 49.5 Å². The number of carbonyl (C=O) groups is 1. The van der Waals surface area contributed by atoms with Crippen LogP contribution in [0.15, 0.2) is 24.3 Å². The van der Waals surface area contributed by atoms with Crippen LogP contribution in [0.5, 0.6) is 0 Å². The van der Waals surface area contributed by atoms with Crippen molar-refractivity contribution >= 4 is 40.7 Å². The predicted octanol–water partition coefficient (Wildman–Crippen LogP) is 3.15. The summed E-state index contributed by atoms with van der Waals surface area (Å²) in [5.41, 5.74) is 1.73. The lowest BCUT2D eigenvalue weighted by molar-refractivity contribution is -0.697. The fourth-order valence-corrected chi connectivity index (χ4v) is 3.17. The van der Waals surface area contributed by atoms with Gasteiger partial charge in [0.15, 0.2) is 0 Å². The zero-order chi connectivity index (χ0) is 18.7. The van der Waals surface area contributed by atoms with Gasteiger partial charge in [-0.2, -0.15) is 0 Å². The lowest BCUT2D eigenvalue weighted by Gasteiger charge is -2.24. The van der Waals surface area contributed by atoms with E-state index in [1.54, 1.807) is 12.1 Å². The molecule has 1 aromatic rings. The number of nitrogens with one attached hydrogen (secondary N) is 1.